The van der Waals surface area contributed by atoms with E-state index in [2.05, 4.69) is 24.3 Å². The average molecular weight is 549 g/mol. The summed E-state index contributed by atoms with van der Waals surface area (Å²) in [5.41, 5.74) is 0.568. The van der Waals surface area contributed by atoms with E-state index in [-0.39, 0.29) is 71.0 Å². The van der Waals surface area contributed by atoms with Gasteiger partial charge in [-0.1, -0.05) is 30.4 Å². The maximum Gasteiger partial charge on any atom is 0.233 e. The molecule has 4 fully saturated rings. The van der Waals surface area contributed by atoms with Crippen molar-refractivity contribution in [2.45, 2.75) is 22.6 Å². The van der Waals surface area contributed by atoms with Crippen molar-refractivity contribution in [1.29, 1.82) is 0 Å². The van der Waals surface area contributed by atoms with E-state index in [1.807, 2.05) is 18.2 Å². The summed E-state index contributed by atoms with van der Waals surface area (Å²) in [5.74, 6) is 0.913. The van der Waals surface area contributed by atoms with Gasteiger partial charge in [-0.15, -0.1) is 23.5 Å². The summed E-state index contributed by atoms with van der Waals surface area (Å²) >= 11 is 2.94. The minimum Gasteiger partial charge on any atom is -0.298 e. The summed E-state index contributed by atoms with van der Waals surface area (Å²) in [6.45, 7) is 0.672. The van der Waals surface area contributed by atoms with E-state index in [4.69, 9.17) is 0 Å². The first-order valence-electron chi connectivity index (χ1n) is 13.4. The van der Waals surface area contributed by atoms with Crippen LogP contribution in [0.3, 0.4) is 0 Å². The molecular weight excluding hydrogens is 520 g/mol. The summed E-state index contributed by atoms with van der Waals surface area (Å²) < 4.78 is 0. The van der Waals surface area contributed by atoms with Crippen molar-refractivity contribution in [1.82, 2.24) is 9.80 Å². The van der Waals surface area contributed by atoms with Crippen LogP contribution in [0.15, 0.2) is 52.3 Å². The number of carbonyl (C=O) groups is 5. The normalized spacial score (nSPS) is 35.8. The van der Waals surface area contributed by atoms with Gasteiger partial charge < -0.3 is 0 Å². The second-order valence-electron chi connectivity index (χ2n) is 11.1. The number of nitrogens with zero attached hydrogens (tertiary/aromatic N) is 2. The number of hydrogen-bond acceptors (Lipinski definition) is 7. The van der Waals surface area contributed by atoms with Gasteiger partial charge in [0.25, 0.3) is 0 Å². The van der Waals surface area contributed by atoms with Crippen LogP contribution < -0.4 is 0 Å². The van der Waals surface area contributed by atoms with Crippen LogP contribution in [0.25, 0.3) is 0 Å². The van der Waals surface area contributed by atoms with Crippen LogP contribution in [0.1, 0.15) is 23.2 Å². The van der Waals surface area contributed by atoms with Gasteiger partial charge in [0.2, 0.25) is 23.6 Å². The summed E-state index contributed by atoms with van der Waals surface area (Å²) in [7, 11) is 0. The van der Waals surface area contributed by atoms with E-state index < -0.39 is 0 Å². The quantitative estimate of drug-likeness (QED) is 0.202. The molecule has 2 saturated carbocycles. The lowest BCUT2D eigenvalue weighted by atomic mass is 9.85. The molecule has 2 heterocycles. The molecule has 0 N–H and O–H groups in total. The number of hydrogen-bond donors (Lipinski definition) is 0. The Kier molecular flexibility index (Phi) is 5.92. The molecule has 9 heteroatoms. The van der Waals surface area contributed by atoms with Gasteiger partial charge in [0.05, 0.1) is 23.7 Å². The summed E-state index contributed by atoms with van der Waals surface area (Å²) in [6.07, 6.45) is 11.1. The van der Waals surface area contributed by atoms with Crippen molar-refractivity contribution in [2.24, 2.45) is 47.3 Å². The molecular formula is C29H28N2O5S2. The first kappa shape index (κ1) is 24.4. The molecule has 2 aliphatic heterocycles. The third-order valence-corrected chi connectivity index (χ3v) is 11.5. The second kappa shape index (κ2) is 9.23. The number of rotatable bonds is 9. The fraction of sp³-hybridized carbons (Fsp3) is 0.483. The number of fused-ring (bicyclic) bond motifs is 10. The first-order chi connectivity index (χ1) is 18.5. The standard InChI is InChI=1S/C29H28N2O5S2/c32-14-19-20(37-10-8-30-26(33)22-15-4-5-16(12-15)23(22)27(30)34)2-1-3-21(19)38-11-9-31-28(35)24-17-6-7-18(13-17)25(24)29(31)36/h1-7,14-18,22-25H,8-13H2/t15-,16+,17-,18+,22-,23+,24-,25+. The molecule has 38 heavy (non-hydrogen) atoms. The number of amides is 4. The number of benzene rings is 1. The molecule has 2 saturated heterocycles. The predicted octanol–water partition coefficient (Wildman–Crippen LogP) is 3.30. The molecule has 0 unspecified atom stereocenters. The molecule has 0 radical (unpaired) electrons. The smallest absolute Gasteiger partial charge is 0.233 e. The van der Waals surface area contributed by atoms with E-state index in [1.54, 1.807) is 0 Å². The Hall–Kier alpha value is -2.65. The van der Waals surface area contributed by atoms with Gasteiger partial charge in [0.15, 0.2) is 6.29 Å². The van der Waals surface area contributed by atoms with Crippen LogP contribution >= 0.6 is 23.5 Å². The largest absolute Gasteiger partial charge is 0.298 e. The van der Waals surface area contributed by atoms with Crippen molar-refractivity contribution in [3.63, 3.8) is 0 Å². The molecule has 196 valence electrons. The maximum absolute atomic E-state index is 12.9. The summed E-state index contributed by atoms with van der Waals surface area (Å²) in [6, 6.07) is 5.64. The van der Waals surface area contributed by atoms with Crippen LogP contribution in [0.4, 0.5) is 0 Å². The zero-order valence-electron chi connectivity index (χ0n) is 20.7. The van der Waals surface area contributed by atoms with Crippen molar-refractivity contribution >= 4 is 53.4 Å². The Balaban J connectivity index is 0.958. The molecule has 6 aliphatic rings. The summed E-state index contributed by atoms with van der Waals surface area (Å²) in [5, 5.41) is 0. The highest BCUT2D eigenvalue weighted by Gasteiger charge is 2.60. The van der Waals surface area contributed by atoms with Gasteiger partial charge in [-0.3, -0.25) is 33.8 Å². The highest BCUT2D eigenvalue weighted by atomic mass is 32.2. The molecule has 7 nitrogen and oxygen atoms in total. The monoisotopic (exact) mass is 548 g/mol. The van der Waals surface area contributed by atoms with Crippen LogP contribution in [0, 0.1) is 47.3 Å². The molecule has 0 aromatic heterocycles. The lowest BCUT2D eigenvalue weighted by Gasteiger charge is -2.18. The molecule has 1 aromatic carbocycles. The number of carbonyl (C=O) groups excluding carboxylic acids is 5. The fourth-order valence-corrected chi connectivity index (χ4v) is 9.78. The molecule has 8 atom stereocenters. The van der Waals surface area contributed by atoms with Gasteiger partial charge in [-0.05, 0) is 48.6 Å². The summed E-state index contributed by atoms with van der Waals surface area (Å²) in [4.78, 5) is 68.2. The minimum absolute atomic E-state index is 0.0451. The molecule has 4 bridgehead atoms. The third kappa shape index (κ3) is 3.54. The maximum atomic E-state index is 12.9. The number of allylic oxidation sites excluding steroid dienone is 4. The van der Waals surface area contributed by atoms with Gasteiger partial charge in [-0.2, -0.15) is 0 Å². The lowest BCUT2D eigenvalue weighted by Crippen LogP contribution is -2.34. The Morgan fingerprint density at radius 1 is 0.658 bits per heavy atom. The number of likely N-dealkylation sites (tertiary alicyclic amines) is 2. The van der Waals surface area contributed by atoms with Crippen LogP contribution in [0.2, 0.25) is 0 Å². The molecule has 7 rings (SSSR count). The second-order valence-corrected chi connectivity index (χ2v) is 13.4. The number of thioether (sulfide) groups is 2. The third-order valence-electron chi connectivity index (χ3n) is 9.41. The van der Waals surface area contributed by atoms with Crippen molar-refractivity contribution in [3.05, 3.63) is 48.1 Å². The Morgan fingerprint density at radius 3 is 1.37 bits per heavy atom. The fourth-order valence-electron chi connectivity index (χ4n) is 7.75. The predicted molar refractivity (Wildman–Crippen MR) is 142 cm³/mol. The Morgan fingerprint density at radius 2 is 1.03 bits per heavy atom. The van der Waals surface area contributed by atoms with Crippen molar-refractivity contribution < 1.29 is 24.0 Å². The average Bonchev–Trinajstić information content (AvgIpc) is 3.76. The van der Waals surface area contributed by atoms with Gasteiger partial charge >= 0.3 is 0 Å². The minimum atomic E-state index is -0.187. The Labute approximate surface area is 229 Å². The van der Waals surface area contributed by atoms with Gasteiger partial charge in [0.1, 0.15) is 0 Å². The Bertz CT molecular complexity index is 1170. The van der Waals surface area contributed by atoms with E-state index in [1.165, 1.54) is 33.3 Å². The first-order valence-corrected chi connectivity index (χ1v) is 15.4. The SMILES string of the molecule is O=Cc1c(SCCN2C(=O)[C@@H]3[C@H](C2=O)[C@@H]2C=C[C@H]3C2)cccc1SCCN1C(=O)[C@@H]2[C@H](C1=O)[C@@H]1C=C[C@H]2C1. The highest BCUT2D eigenvalue weighted by Crippen LogP contribution is 2.53. The van der Waals surface area contributed by atoms with Crippen molar-refractivity contribution in [2.75, 3.05) is 24.6 Å². The van der Waals surface area contributed by atoms with Crippen LogP contribution in [-0.2, 0) is 19.2 Å². The molecule has 1 aromatic rings. The molecule has 4 amide bonds. The lowest BCUT2D eigenvalue weighted by molar-refractivity contribution is -0.141. The van der Waals surface area contributed by atoms with Crippen molar-refractivity contribution in [3.8, 4) is 0 Å². The highest BCUT2D eigenvalue weighted by molar-refractivity contribution is 8.00. The molecule has 4 aliphatic carbocycles. The van der Waals surface area contributed by atoms with Crippen LogP contribution in [-0.4, -0.2) is 64.3 Å². The molecule has 0 spiro atoms. The topological polar surface area (TPSA) is 91.8 Å². The van der Waals surface area contributed by atoms with E-state index >= 15 is 0 Å². The van der Waals surface area contributed by atoms with Gasteiger partial charge in [0, 0.05) is 39.9 Å². The van der Waals surface area contributed by atoms with Gasteiger partial charge in [-0.25, -0.2) is 0 Å². The van der Waals surface area contributed by atoms with Crippen LogP contribution in [0.5, 0.6) is 0 Å². The van der Waals surface area contributed by atoms with E-state index in [0.717, 1.165) is 28.9 Å². The number of imide groups is 2. The zero-order chi connectivity index (χ0) is 26.1. The van der Waals surface area contributed by atoms with E-state index in [9.17, 15) is 24.0 Å². The van der Waals surface area contributed by atoms with E-state index in [0.29, 0.717) is 30.2 Å². The zero-order valence-corrected chi connectivity index (χ0v) is 22.4. The number of aldehydes is 1.